The molecule has 54 valence electrons. The van der Waals surface area contributed by atoms with Gasteiger partial charge in [0.05, 0.1) is 6.16 Å². The summed E-state index contributed by atoms with van der Waals surface area (Å²) >= 11 is 0. The van der Waals surface area contributed by atoms with Crippen molar-refractivity contribution < 1.29 is 19.1 Å². The SMILES string of the molecule is O=CNCCP(=O)(O)O. The minimum absolute atomic E-state index is 0.0216. The predicted molar refractivity (Wildman–Crippen MR) is 31.0 cm³/mol. The molecule has 0 heterocycles. The Morgan fingerprint density at radius 1 is 1.56 bits per heavy atom. The van der Waals surface area contributed by atoms with Gasteiger partial charge in [0.25, 0.3) is 0 Å². The summed E-state index contributed by atoms with van der Waals surface area (Å²) in [6, 6.07) is 0. The molecular formula is C3H8NO4P. The molecule has 5 nitrogen and oxygen atoms in total. The van der Waals surface area contributed by atoms with Crippen molar-refractivity contribution in [3.05, 3.63) is 0 Å². The van der Waals surface area contributed by atoms with E-state index in [1.807, 2.05) is 0 Å². The third kappa shape index (κ3) is 7.62. The van der Waals surface area contributed by atoms with Crippen LogP contribution in [0.3, 0.4) is 0 Å². The molecule has 0 spiro atoms. The molecule has 0 fully saturated rings. The van der Waals surface area contributed by atoms with Crippen LogP contribution >= 0.6 is 7.60 Å². The Labute approximate surface area is 52.2 Å². The number of hydrogen-bond donors (Lipinski definition) is 3. The molecule has 0 aliphatic carbocycles. The fraction of sp³-hybridized carbons (Fsp3) is 0.667. The Morgan fingerprint density at radius 2 is 2.11 bits per heavy atom. The van der Waals surface area contributed by atoms with Crippen LogP contribution in [0.2, 0.25) is 0 Å². The summed E-state index contributed by atoms with van der Waals surface area (Å²) in [6.45, 7) is 0.0216. The van der Waals surface area contributed by atoms with Crippen molar-refractivity contribution in [1.29, 1.82) is 0 Å². The van der Waals surface area contributed by atoms with E-state index >= 15 is 0 Å². The smallest absolute Gasteiger partial charge is 0.327 e. The minimum atomic E-state index is -3.92. The molecule has 0 aromatic carbocycles. The number of carbonyl (C=O) groups excluding carboxylic acids is 1. The van der Waals surface area contributed by atoms with Gasteiger partial charge < -0.3 is 15.1 Å². The highest BCUT2D eigenvalue weighted by Gasteiger charge is 2.10. The minimum Gasteiger partial charge on any atom is -0.358 e. The molecule has 1 amide bonds. The van der Waals surface area contributed by atoms with Crippen LogP contribution in [-0.4, -0.2) is 28.9 Å². The van der Waals surface area contributed by atoms with Gasteiger partial charge in [0.1, 0.15) is 0 Å². The lowest BCUT2D eigenvalue weighted by Crippen LogP contribution is -2.15. The number of amides is 1. The summed E-state index contributed by atoms with van der Waals surface area (Å²) in [4.78, 5) is 25.9. The topological polar surface area (TPSA) is 86.6 Å². The molecule has 0 saturated heterocycles. The molecule has 0 rings (SSSR count). The van der Waals surface area contributed by atoms with Crippen molar-refractivity contribution in [3.63, 3.8) is 0 Å². The van der Waals surface area contributed by atoms with Crippen molar-refractivity contribution >= 4 is 14.0 Å². The summed E-state index contributed by atoms with van der Waals surface area (Å²) in [5.41, 5.74) is 0. The molecule has 0 aliphatic rings. The maximum Gasteiger partial charge on any atom is 0.327 e. The summed E-state index contributed by atoms with van der Waals surface area (Å²) < 4.78 is 10.0. The van der Waals surface area contributed by atoms with Crippen LogP contribution in [0.5, 0.6) is 0 Å². The van der Waals surface area contributed by atoms with E-state index in [0.717, 1.165) is 0 Å². The van der Waals surface area contributed by atoms with Gasteiger partial charge in [-0.25, -0.2) is 0 Å². The number of carbonyl (C=O) groups is 1. The van der Waals surface area contributed by atoms with E-state index in [4.69, 9.17) is 9.79 Å². The lowest BCUT2D eigenvalue weighted by atomic mass is 10.8. The second kappa shape index (κ2) is 3.61. The van der Waals surface area contributed by atoms with Crippen LogP contribution in [0.1, 0.15) is 0 Å². The van der Waals surface area contributed by atoms with Crippen LogP contribution in [-0.2, 0) is 9.36 Å². The zero-order valence-electron chi connectivity index (χ0n) is 4.65. The highest BCUT2D eigenvalue weighted by Crippen LogP contribution is 2.32. The fourth-order valence-electron chi connectivity index (χ4n) is 0.269. The third-order valence-corrected chi connectivity index (χ3v) is 1.44. The Hall–Kier alpha value is -0.380. The monoisotopic (exact) mass is 153 g/mol. The molecule has 0 aliphatic heterocycles. The van der Waals surface area contributed by atoms with E-state index < -0.39 is 7.60 Å². The van der Waals surface area contributed by atoms with E-state index in [1.165, 1.54) is 0 Å². The average molecular weight is 153 g/mol. The summed E-state index contributed by atoms with van der Waals surface area (Å²) in [7, 11) is -3.92. The lowest BCUT2D eigenvalue weighted by molar-refractivity contribution is -0.109. The molecule has 9 heavy (non-hydrogen) atoms. The van der Waals surface area contributed by atoms with Gasteiger partial charge in [-0.15, -0.1) is 0 Å². The van der Waals surface area contributed by atoms with E-state index in [0.29, 0.717) is 6.41 Å². The Kier molecular flexibility index (Phi) is 3.46. The van der Waals surface area contributed by atoms with Crippen molar-refractivity contribution in [1.82, 2.24) is 5.32 Å². The van der Waals surface area contributed by atoms with Crippen molar-refractivity contribution in [2.75, 3.05) is 12.7 Å². The molecule has 3 N–H and O–H groups in total. The maximum atomic E-state index is 10.0. The van der Waals surface area contributed by atoms with Crippen LogP contribution in [0, 0.1) is 0 Å². The number of rotatable bonds is 4. The van der Waals surface area contributed by atoms with E-state index in [1.54, 1.807) is 0 Å². The summed E-state index contributed by atoms with van der Waals surface area (Å²) in [5.74, 6) is 0. The van der Waals surface area contributed by atoms with Gasteiger partial charge in [-0.3, -0.25) is 9.36 Å². The standard InChI is InChI=1S/C3H8NO4P/c5-3-4-1-2-9(6,7)8/h3H,1-2H2,(H,4,5)(H2,6,7,8). The van der Waals surface area contributed by atoms with Crippen LogP contribution in [0.4, 0.5) is 0 Å². The van der Waals surface area contributed by atoms with E-state index in [9.17, 15) is 9.36 Å². The summed E-state index contributed by atoms with van der Waals surface area (Å²) in [5, 5.41) is 2.13. The third-order valence-electron chi connectivity index (χ3n) is 0.631. The first-order valence-corrected chi connectivity index (χ1v) is 4.07. The van der Waals surface area contributed by atoms with Crippen LogP contribution in [0.25, 0.3) is 0 Å². The molecule has 6 heteroatoms. The molecule has 0 aromatic heterocycles. The normalized spacial score (nSPS) is 10.9. The second-order valence-electron chi connectivity index (χ2n) is 1.46. The Morgan fingerprint density at radius 3 is 2.44 bits per heavy atom. The van der Waals surface area contributed by atoms with Crippen LogP contribution in [0.15, 0.2) is 0 Å². The zero-order chi connectivity index (χ0) is 7.33. The Bertz CT molecular complexity index is 130. The molecule has 0 bridgehead atoms. The second-order valence-corrected chi connectivity index (χ2v) is 3.24. The van der Waals surface area contributed by atoms with Crippen molar-refractivity contribution in [2.24, 2.45) is 0 Å². The van der Waals surface area contributed by atoms with Gasteiger partial charge >= 0.3 is 7.60 Å². The first-order valence-electron chi connectivity index (χ1n) is 2.28. The van der Waals surface area contributed by atoms with Gasteiger partial charge in [0.15, 0.2) is 0 Å². The predicted octanol–water partition coefficient (Wildman–Crippen LogP) is -1.09. The van der Waals surface area contributed by atoms with E-state index in [-0.39, 0.29) is 12.7 Å². The zero-order valence-corrected chi connectivity index (χ0v) is 5.54. The van der Waals surface area contributed by atoms with Gasteiger partial charge in [-0.1, -0.05) is 0 Å². The van der Waals surface area contributed by atoms with Crippen LogP contribution < -0.4 is 5.32 Å². The largest absolute Gasteiger partial charge is 0.358 e. The number of hydrogen-bond acceptors (Lipinski definition) is 2. The molecule has 0 unspecified atom stereocenters. The van der Waals surface area contributed by atoms with E-state index in [2.05, 4.69) is 5.32 Å². The molecule has 0 aromatic rings. The molecule has 0 atom stereocenters. The quantitative estimate of drug-likeness (QED) is 0.272. The first kappa shape index (κ1) is 8.62. The summed E-state index contributed by atoms with van der Waals surface area (Å²) in [6.07, 6.45) is 0.0986. The highest BCUT2D eigenvalue weighted by atomic mass is 31.2. The van der Waals surface area contributed by atoms with Crippen molar-refractivity contribution in [3.8, 4) is 0 Å². The van der Waals surface area contributed by atoms with Gasteiger partial charge in [-0.05, 0) is 0 Å². The fourth-order valence-corrected chi connectivity index (χ4v) is 0.690. The number of nitrogens with one attached hydrogen (secondary N) is 1. The van der Waals surface area contributed by atoms with Gasteiger partial charge in [-0.2, -0.15) is 0 Å². The highest BCUT2D eigenvalue weighted by molar-refractivity contribution is 7.51. The lowest BCUT2D eigenvalue weighted by Gasteiger charge is -2.00. The molecule has 0 radical (unpaired) electrons. The molecular weight excluding hydrogens is 145 g/mol. The van der Waals surface area contributed by atoms with Crippen molar-refractivity contribution in [2.45, 2.75) is 0 Å². The molecule has 0 saturated carbocycles. The van der Waals surface area contributed by atoms with Gasteiger partial charge in [0.2, 0.25) is 6.41 Å². The Balaban J connectivity index is 3.28. The van der Waals surface area contributed by atoms with Gasteiger partial charge in [0, 0.05) is 6.54 Å². The average Bonchev–Trinajstić information content (AvgIpc) is 1.63. The maximum absolute atomic E-state index is 10.0. The first-order chi connectivity index (χ1) is 4.06.